The normalized spacial score (nSPS) is 11.1. The molecule has 1 heterocycles. The second kappa shape index (κ2) is 9.81. The van der Waals surface area contributed by atoms with Crippen LogP contribution in [0.1, 0.15) is 28.6 Å². The zero-order chi connectivity index (χ0) is 22.4. The third-order valence-electron chi connectivity index (χ3n) is 4.22. The molecular formula is C21H17BrN4O5. The van der Waals surface area contributed by atoms with Crippen LogP contribution in [-0.4, -0.2) is 22.4 Å². The van der Waals surface area contributed by atoms with Crippen molar-refractivity contribution in [3.05, 3.63) is 92.3 Å². The lowest BCUT2D eigenvalue weighted by Crippen LogP contribution is -2.21. The van der Waals surface area contributed by atoms with Crippen LogP contribution in [-0.2, 0) is 11.2 Å². The number of hydrazone groups is 1. The summed E-state index contributed by atoms with van der Waals surface area (Å²) in [5.74, 6) is -0.534. The van der Waals surface area contributed by atoms with Crippen LogP contribution >= 0.6 is 15.9 Å². The zero-order valence-electron chi connectivity index (χ0n) is 16.3. The molecule has 0 aliphatic carbocycles. The maximum absolute atomic E-state index is 12.1. The topological polar surface area (TPSA) is 127 Å². The second-order valence-corrected chi connectivity index (χ2v) is 7.25. The Hall–Kier alpha value is -3.79. The maximum atomic E-state index is 12.1. The minimum Gasteiger partial charge on any atom is -0.444 e. The number of non-ortho nitro benzene ring substituents is 1. The highest BCUT2D eigenvalue weighted by Gasteiger charge is 2.11. The Bertz CT molecular complexity index is 1140. The van der Waals surface area contributed by atoms with Gasteiger partial charge in [-0.2, -0.15) is 5.10 Å². The number of nitro groups is 1. The van der Waals surface area contributed by atoms with Gasteiger partial charge in [0.1, 0.15) is 0 Å². The molecular weight excluding hydrogens is 468 g/mol. The quantitative estimate of drug-likeness (QED) is 0.293. The molecule has 0 spiro atoms. The van der Waals surface area contributed by atoms with Gasteiger partial charge in [-0.25, -0.2) is 5.43 Å². The molecule has 2 N–H and O–H groups in total. The van der Waals surface area contributed by atoms with E-state index >= 15 is 0 Å². The monoisotopic (exact) mass is 484 g/mol. The van der Waals surface area contributed by atoms with Gasteiger partial charge in [0, 0.05) is 17.8 Å². The highest BCUT2D eigenvalue weighted by molar-refractivity contribution is 9.10. The van der Waals surface area contributed by atoms with Gasteiger partial charge in [0.2, 0.25) is 5.91 Å². The van der Waals surface area contributed by atoms with Crippen LogP contribution in [0.25, 0.3) is 0 Å². The standard InChI is InChI=1S/C21H17BrN4O5/c1-13(24-25-20(27)12-14-2-8-17(9-3-14)26(29)30)15-4-6-16(7-5-15)23-21(28)18-10-11-19(22)31-18/h2-11H,12H2,1H3,(H,23,28)(H,25,27)/b24-13-. The Labute approximate surface area is 185 Å². The first kappa shape index (κ1) is 21.9. The Kier molecular flexibility index (Phi) is 6.93. The fraction of sp³-hybridized carbons (Fsp3) is 0.0952. The number of amides is 2. The SMILES string of the molecule is C/C(=N/NC(=O)Cc1ccc([N+](=O)[O-])cc1)c1ccc(NC(=O)c2ccc(Br)o2)cc1. The first-order valence-electron chi connectivity index (χ1n) is 9.05. The van der Waals surface area contributed by atoms with Gasteiger partial charge in [-0.15, -0.1) is 0 Å². The highest BCUT2D eigenvalue weighted by Crippen LogP contribution is 2.17. The number of nitrogens with zero attached hydrogens (tertiary/aromatic N) is 2. The van der Waals surface area contributed by atoms with Crippen LogP contribution in [0.2, 0.25) is 0 Å². The molecule has 0 bridgehead atoms. The molecule has 2 amide bonds. The predicted octanol–water partition coefficient (Wildman–Crippen LogP) is 4.29. The van der Waals surface area contributed by atoms with Gasteiger partial charge >= 0.3 is 0 Å². The van der Waals surface area contributed by atoms with E-state index in [2.05, 4.69) is 31.8 Å². The summed E-state index contributed by atoms with van der Waals surface area (Å²) < 4.78 is 5.68. The predicted molar refractivity (Wildman–Crippen MR) is 118 cm³/mol. The summed E-state index contributed by atoms with van der Waals surface area (Å²) in [4.78, 5) is 34.3. The molecule has 0 aliphatic heterocycles. The molecule has 0 aliphatic rings. The Morgan fingerprint density at radius 1 is 1.06 bits per heavy atom. The number of hydrogen-bond donors (Lipinski definition) is 2. The molecule has 2 aromatic carbocycles. The zero-order valence-corrected chi connectivity index (χ0v) is 17.9. The highest BCUT2D eigenvalue weighted by atomic mass is 79.9. The van der Waals surface area contributed by atoms with E-state index in [-0.39, 0.29) is 29.7 Å². The van der Waals surface area contributed by atoms with Crippen LogP contribution in [0.4, 0.5) is 11.4 Å². The van der Waals surface area contributed by atoms with Crippen LogP contribution in [0.3, 0.4) is 0 Å². The van der Waals surface area contributed by atoms with Crippen molar-refractivity contribution in [3.8, 4) is 0 Å². The molecule has 0 fully saturated rings. The Morgan fingerprint density at radius 2 is 1.74 bits per heavy atom. The van der Waals surface area contributed by atoms with Gasteiger partial charge in [-0.3, -0.25) is 19.7 Å². The number of anilines is 1. The summed E-state index contributed by atoms with van der Waals surface area (Å²) in [5.41, 5.74) is 4.98. The first-order valence-corrected chi connectivity index (χ1v) is 9.84. The number of benzene rings is 2. The summed E-state index contributed by atoms with van der Waals surface area (Å²) in [6, 6.07) is 15.9. The van der Waals surface area contributed by atoms with Crippen molar-refractivity contribution in [1.29, 1.82) is 0 Å². The molecule has 3 aromatic rings. The molecule has 0 radical (unpaired) electrons. The van der Waals surface area contributed by atoms with Gasteiger partial charge in [-0.05, 0) is 58.2 Å². The average molecular weight is 485 g/mol. The minimum absolute atomic E-state index is 0.0327. The van der Waals surface area contributed by atoms with Crippen molar-refractivity contribution in [3.63, 3.8) is 0 Å². The number of carbonyl (C=O) groups is 2. The third-order valence-corrected chi connectivity index (χ3v) is 4.64. The third kappa shape index (κ3) is 6.09. The van der Waals surface area contributed by atoms with Gasteiger partial charge < -0.3 is 9.73 Å². The van der Waals surface area contributed by atoms with Crippen molar-refractivity contribution < 1.29 is 18.9 Å². The fourth-order valence-electron chi connectivity index (χ4n) is 2.59. The molecule has 0 unspecified atom stereocenters. The molecule has 10 heteroatoms. The van der Waals surface area contributed by atoms with Crippen LogP contribution in [0, 0.1) is 10.1 Å². The van der Waals surface area contributed by atoms with E-state index in [1.165, 1.54) is 24.3 Å². The first-order chi connectivity index (χ1) is 14.8. The Balaban J connectivity index is 1.55. The molecule has 1 aromatic heterocycles. The summed E-state index contributed by atoms with van der Waals surface area (Å²) in [6.45, 7) is 1.74. The van der Waals surface area contributed by atoms with Crippen molar-refractivity contribution in [1.82, 2.24) is 5.43 Å². The van der Waals surface area contributed by atoms with E-state index in [9.17, 15) is 19.7 Å². The number of rotatable bonds is 7. The molecule has 158 valence electrons. The lowest BCUT2D eigenvalue weighted by Gasteiger charge is -2.06. The summed E-state index contributed by atoms with van der Waals surface area (Å²) in [5, 5.41) is 17.5. The van der Waals surface area contributed by atoms with Crippen molar-refractivity contribution in [2.24, 2.45) is 5.10 Å². The Morgan fingerprint density at radius 3 is 2.32 bits per heavy atom. The lowest BCUT2D eigenvalue weighted by atomic mass is 10.1. The molecule has 9 nitrogen and oxygen atoms in total. The molecule has 31 heavy (non-hydrogen) atoms. The number of carbonyl (C=O) groups excluding carboxylic acids is 2. The van der Waals surface area contributed by atoms with Gasteiger partial charge in [0.25, 0.3) is 11.6 Å². The smallest absolute Gasteiger partial charge is 0.291 e. The van der Waals surface area contributed by atoms with Crippen LogP contribution in [0.5, 0.6) is 0 Å². The second-order valence-electron chi connectivity index (χ2n) is 6.47. The average Bonchev–Trinajstić information content (AvgIpc) is 3.19. The molecule has 0 atom stereocenters. The van der Waals surface area contributed by atoms with Crippen molar-refractivity contribution in [2.75, 3.05) is 5.32 Å². The number of halogens is 1. The van der Waals surface area contributed by atoms with E-state index in [4.69, 9.17) is 4.42 Å². The molecule has 3 rings (SSSR count). The van der Waals surface area contributed by atoms with Crippen LogP contribution in [0.15, 0.2) is 74.9 Å². The van der Waals surface area contributed by atoms with Gasteiger partial charge in [-0.1, -0.05) is 24.3 Å². The van der Waals surface area contributed by atoms with Gasteiger partial charge in [0.05, 0.1) is 17.1 Å². The van der Waals surface area contributed by atoms with Crippen molar-refractivity contribution >= 4 is 44.8 Å². The number of hydrogen-bond acceptors (Lipinski definition) is 6. The minimum atomic E-state index is -0.496. The van der Waals surface area contributed by atoms with E-state index in [0.717, 1.165) is 5.56 Å². The molecule has 0 saturated heterocycles. The van der Waals surface area contributed by atoms with E-state index in [0.29, 0.717) is 21.6 Å². The summed E-state index contributed by atoms with van der Waals surface area (Å²) in [6.07, 6.45) is 0.0443. The fourth-order valence-corrected chi connectivity index (χ4v) is 2.90. The van der Waals surface area contributed by atoms with E-state index in [1.807, 2.05) is 0 Å². The van der Waals surface area contributed by atoms with Crippen LogP contribution < -0.4 is 10.7 Å². The summed E-state index contributed by atoms with van der Waals surface area (Å²) in [7, 11) is 0. The number of nitro benzene ring substituents is 1. The largest absolute Gasteiger partial charge is 0.444 e. The lowest BCUT2D eigenvalue weighted by molar-refractivity contribution is -0.384. The summed E-state index contributed by atoms with van der Waals surface area (Å²) >= 11 is 3.15. The molecule has 0 saturated carbocycles. The van der Waals surface area contributed by atoms with Gasteiger partial charge in [0.15, 0.2) is 10.4 Å². The van der Waals surface area contributed by atoms with Crippen molar-refractivity contribution in [2.45, 2.75) is 13.3 Å². The number of furan rings is 1. The van der Waals surface area contributed by atoms with E-state index < -0.39 is 4.92 Å². The number of nitrogens with one attached hydrogen (secondary N) is 2. The van der Waals surface area contributed by atoms with E-state index in [1.54, 1.807) is 43.3 Å². The maximum Gasteiger partial charge on any atom is 0.291 e.